The summed E-state index contributed by atoms with van der Waals surface area (Å²) in [4.78, 5) is 9.37. The average molecular weight is 296 g/mol. The predicted molar refractivity (Wildman–Crippen MR) is 82.1 cm³/mol. The molecule has 19 heavy (non-hydrogen) atoms. The number of imidazole rings is 1. The SMILES string of the molecule is Cc1ccc2nc(CCCl)n(CC3CCSC3)c2n1. The normalized spacial score (nSPS) is 19.4. The monoisotopic (exact) mass is 295 g/mol. The first-order valence-electron chi connectivity index (χ1n) is 6.74. The summed E-state index contributed by atoms with van der Waals surface area (Å²) >= 11 is 7.96. The van der Waals surface area contributed by atoms with Crippen molar-refractivity contribution in [3.63, 3.8) is 0 Å². The summed E-state index contributed by atoms with van der Waals surface area (Å²) in [5.41, 5.74) is 3.07. The molecule has 1 unspecified atom stereocenters. The van der Waals surface area contributed by atoms with E-state index in [9.17, 15) is 0 Å². The molecule has 1 aliphatic rings. The average Bonchev–Trinajstić information content (AvgIpc) is 3.00. The predicted octanol–water partition coefficient (Wildman–Crippen LogP) is 3.27. The Kier molecular flexibility index (Phi) is 3.99. The minimum Gasteiger partial charge on any atom is -0.312 e. The topological polar surface area (TPSA) is 30.7 Å². The molecule has 0 radical (unpaired) electrons. The molecule has 0 N–H and O–H groups in total. The minimum absolute atomic E-state index is 0.613. The lowest BCUT2D eigenvalue weighted by molar-refractivity contribution is 0.488. The molecule has 1 fully saturated rings. The fourth-order valence-electron chi connectivity index (χ4n) is 2.60. The highest BCUT2D eigenvalue weighted by Gasteiger charge is 2.20. The van der Waals surface area contributed by atoms with Crippen LogP contribution in [-0.4, -0.2) is 31.9 Å². The molecular formula is C14H18ClN3S. The van der Waals surface area contributed by atoms with E-state index in [2.05, 4.69) is 27.4 Å². The first-order valence-corrected chi connectivity index (χ1v) is 8.43. The van der Waals surface area contributed by atoms with Gasteiger partial charge in [-0.15, -0.1) is 11.6 Å². The fourth-order valence-corrected chi connectivity index (χ4v) is 4.04. The molecule has 1 saturated heterocycles. The Morgan fingerprint density at radius 1 is 1.42 bits per heavy atom. The third kappa shape index (κ3) is 2.75. The summed E-state index contributed by atoms with van der Waals surface area (Å²) in [6.45, 7) is 3.07. The van der Waals surface area contributed by atoms with Gasteiger partial charge in [0.25, 0.3) is 0 Å². The van der Waals surface area contributed by atoms with Crippen molar-refractivity contribution in [1.29, 1.82) is 0 Å². The van der Waals surface area contributed by atoms with E-state index in [0.717, 1.165) is 41.6 Å². The van der Waals surface area contributed by atoms with Gasteiger partial charge in [-0.2, -0.15) is 11.8 Å². The van der Waals surface area contributed by atoms with E-state index in [1.165, 1.54) is 17.9 Å². The summed E-state index contributed by atoms with van der Waals surface area (Å²) in [6, 6.07) is 4.09. The van der Waals surface area contributed by atoms with Gasteiger partial charge in [-0.25, -0.2) is 9.97 Å². The molecule has 0 aliphatic carbocycles. The number of nitrogens with zero attached hydrogens (tertiary/aromatic N) is 3. The Morgan fingerprint density at radius 2 is 2.32 bits per heavy atom. The van der Waals surface area contributed by atoms with Gasteiger partial charge in [0.05, 0.1) is 0 Å². The van der Waals surface area contributed by atoms with Crippen LogP contribution in [0.3, 0.4) is 0 Å². The molecule has 3 nitrogen and oxygen atoms in total. The highest BCUT2D eigenvalue weighted by Crippen LogP contribution is 2.27. The number of rotatable bonds is 4. The smallest absolute Gasteiger partial charge is 0.160 e. The van der Waals surface area contributed by atoms with Gasteiger partial charge in [0.2, 0.25) is 0 Å². The maximum absolute atomic E-state index is 5.91. The number of hydrogen-bond donors (Lipinski definition) is 0. The number of fused-ring (bicyclic) bond motifs is 1. The largest absolute Gasteiger partial charge is 0.312 e. The molecule has 1 atom stereocenters. The molecule has 0 amide bonds. The van der Waals surface area contributed by atoms with Gasteiger partial charge in [-0.1, -0.05) is 0 Å². The fraction of sp³-hybridized carbons (Fsp3) is 0.571. The van der Waals surface area contributed by atoms with Crippen LogP contribution >= 0.6 is 23.4 Å². The van der Waals surface area contributed by atoms with Crippen molar-refractivity contribution >= 4 is 34.5 Å². The van der Waals surface area contributed by atoms with Crippen molar-refractivity contribution < 1.29 is 0 Å². The van der Waals surface area contributed by atoms with Crippen molar-refractivity contribution in [3.05, 3.63) is 23.7 Å². The molecule has 1 aliphatic heterocycles. The molecule has 0 saturated carbocycles. The van der Waals surface area contributed by atoms with Crippen LogP contribution in [0.4, 0.5) is 0 Å². The number of aromatic nitrogens is 3. The van der Waals surface area contributed by atoms with Gasteiger partial charge in [0, 0.05) is 24.5 Å². The Labute approximate surface area is 122 Å². The lowest BCUT2D eigenvalue weighted by atomic mass is 10.1. The van der Waals surface area contributed by atoms with Gasteiger partial charge in [0.1, 0.15) is 11.3 Å². The Balaban J connectivity index is 2.01. The van der Waals surface area contributed by atoms with Crippen molar-refractivity contribution in [1.82, 2.24) is 14.5 Å². The van der Waals surface area contributed by atoms with E-state index in [4.69, 9.17) is 16.6 Å². The van der Waals surface area contributed by atoms with Crippen molar-refractivity contribution in [2.75, 3.05) is 17.4 Å². The van der Waals surface area contributed by atoms with Crippen LogP contribution in [0, 0.1) is 12.8 Å². The third-order valence-corrected chi connectivity index (χ3v) is 5.01. The van der Waals surface area contributed by atoms with Crippen LogP contribution in [-0.2, 0) is 13.0 Å². The van der Waals surface area contributed by atoms with Crippen LogP contribution in [0.15, 0.2) is 12.1 Å². The van der Waals surface area contributed by atoms with Crippen molar-refractivity contribution in [2.24, 2.45) is 5.92 Å². The van der Waals surface area contributed by atoms with Crippen LogP contribution < -0.4 is 0 Å². The Morgan fingerprint density at radius 3 is 3.05 bits per heavy atom. The Hall–Kier alpha value is -0.740. The lowest BCUT2D eigenvalue weighted by Crippen LogP contribution is -2.13. The molecular weight excluding hydrogens is 278 g/mol. The lowest BCUT2D eigenvalue weighted by Gasteiger charge is -2.12. The van der Waals surface area contributed by atoms with Crippen LogP contribution in [0.1, 0.15) is 17.9 Å². The van der Waals surface area contributed by atoms with Gasteiger partial charge < -0.3 is 4.57 Å². The minimum atomic E-state index is 0.613. The van der Waals surface area contributed by atoms with Crippen molar-refractivity contribution in [3.8, 4) is 0 Å². The zero-order valence-electron chi connectivity index (χ0n) is 11.1. The number of alkyl halides is 1. The zero-order valence-corrected chi connectivity index (χ0v) is 12.7. The van der Waals surface area contributed by atoms with E-state index >= 15 is 0 Å². The van der Waals surface area contributed by atoms with Crippen LogP contribution in [0.25, 0.3) is 11.2 Å². The summed E-state index contributed by atoms with van der Waals surface area (Å²) in [7, 11) is 0. The highest BCUT2D eigenvalue weighted by molar-refractivity contribution is 7.99. The third-order valence-electron chi connectivity index (χ3n) is 3.59. The van der Waals surface area contributed by atoms with E-state index in [0.29, 0.717) is 5.88 Å². The second-order valence-corrected chi connectivity index (χ2v) is 6.63. The van der Waals surface area contributed by atoms with E-state index in [1.54, 1.807) is 0 Å². The second-order valence-electron chi connectivity index (χ2n) is 5.10. The van der Waals surface area contributed by atoms with Gasteiger partial charge in [0.15, 0.2) is 5.65 Å². The molecule has 2 aromatic rings. The maximum Gasteiger partial charge on any atom is 0.160 e. The maximum atomic E-state index is 5.91. The Bertz CT molecular complexity index is 575. The molecule has 3 rings (SSSR count). The summed E-state index contributed by atoms with van der Waals surface area (Å²) in [6.07, 6.45) is 2.12. The number of pyridine rings is 1. The molecule has 0 spiro atoms. The highest BCUT2D eigenvalue weighted by atomic mass is 35.5. The summed E-state index contributed by atoms with van der Waals surface area (Å²) in [5, 5.41) is 0. The van der Waals surface area contributed by atoms with E-state index < -0.39 is 0 Å². The molecule has 0 aromatic carbocycles. The van der Waals surface area contributed by atoms with E-state index in [1.807, 2.05) is 13.0 Å². The quantitative estimate of drug-likeness (QED) is 0.811. The van der Waals surface area contributed by atoms with Gasteiger partial charge in [-0.3, -0.25) is 0 Å². The van der Waals surface area contributed by atoms with Gasteiger partial charge in [-0.05, 0) is 42.9 Å². The van der Waals surface area contributed by atoms with E-state index in [-0.39, 0.29) is 0 Å². The number of aryl methyl sites for hydroxylation is 2. The summed E-state index contributed by atoms with van der Waals surface area (Å²) < 4.78 is 2.29. The molecule has 102 valence electrons. The standard InChI is InChI=1S/C14H18ClN3S/c1-10-2-3-12-14(16-10)18(13(17-12)4-6-15)8-11-5-7-19-9-11/h2-3,11H,4-9H2,1H3. The molecule has 5 heteroatoms. The van der Waals surface area contributed by atoms with Crippen LogP contribution in [0.2, 0.25) is 0 Å². The molecule has 0 bridgehead atoms. The van der Waals surface area contributed by atoms with Gasteiger partial charge >= 0.3 is 0 Å². The molecule has 2 aromatic heterocycles. The first-order chi connectivity index (χ1) is 9.28. The second kappa shape index (κ2) is 5.71. The summed E-state index contributed by atoms with van der Waals surface area (Å²) in [5.74, 6) is 4.99. The molecule has 3 heterocycles. The van der Waals surface area contributed by atoms with Crippen molar-refractivity contribution in [2.45, 2.75) is 26.3 Å². The first kappa shape index (κ1) is 13.3. The number of hydrogen-bond acceptors (Lipinski definition) is 3. The zero-order chi connectivity index (χ0) is 13.2. The number of thioether (sulfide) groups is 1. The number of halogens is 1. The van der Waals surface area contributed by atoms with Crippen LogP contribution in [0.5, 0.6) is 0 Å².